The van der Waals surface area contributed by atoms with Crippen LogP contribution in [0, 0.1) is 0 Å². The molecule has 6 nitrogen and oxygen atoms in total. The zero-order valence-electron chi connectivity index (χ0n) is 17.9. The Bertz CT molecular complexity index is 1320. The van der Waals surface area contributed by atoms with Gasteiger partial charge in [-0.3, -0.25) is 14.4 Å². The molecule has 9 heteroatoms. The number of imide groups is 1. The van der Waals surface area contributed by atoms with E-state index in [4.69, 9.17) is 34.8 Å². The Labute approximate surface area is 211 Å². The average Bonchev–Trinajstić information content (AvgIpc) is 3.04. The van der Waals surface area contributed by atoms with Gasteiger partial charge in [-0.15, -0.1) is 0 Å². The van der Waals surface area contributed by atoms with E-state index in [0.717, 1.165) is 16.9 Å². The second-order valence-electron chi connectivity index (χ2n) is 7.44. The number of nitrogens with one attached hydrogen (secondary N) is 2. The maximum Gasteiger partial charge on any atom is 0.283 e. The Morgan fingerprint density at radius 1 is 0.882 bits per heavy atom. The van der Waals surface area contributed by atoms with E-state index in [9.17, 15) is 14.4 Å². The number of hydrogen-bond donors (Lipinski definition) is 2. The molecule has 1 heterocycles. The van der Waals surface area contributed by atoms with E-state index in [1.165, 1.54) is 6.07 Å². The Morgan fingerprint density at radius 3 is 2.18 bits per heavy atom. The van der Waals surface area contributed by atoms with Crippen LogP contribution in [0.5, 0.6) is 0 Å². The molecule has 172 valence electrons. The number of carbonyl (C=O) groups is 3. The van der Waals surface area contributed by atoms with E-state index in [-0.39, 0.29) is 16.6 Å². The lowest BCUT2D eigenvalue weighted by molar-refractivity contribution is -0.120. The van der Waals surface area contributed by atoms with Gasteiger partial charge in [-0.1, -0.05) is 53.9 Å². The predicted octanol–water partition coefficient (Wildman–Crippen LogP) is 6.24. The number of hydrogen-bond acceptors (Lipinski definition) is 4. The van der Waals surface area contributed by atoms with Gasteiger partial charge in [0.25, 0.3) is 17.7 Å². The molecule has 3 aromatic carbocycles. The second-order valence-corrected chi connectivity index (χ2v) is 8.66. The molecule has 0 atom stereocenters. The lowest BCUT2D eigenvalue weighted by Gasteiger charge is -2.15. The first kappa shape index (κ1) is 23.8. The molecular weight excluding hydrogens is 497 g/mol. The van der Waals surface area contributed by atoms with Crippen molar-refractivity contribution in [3.63, 3.8) is 0 Å². The van der Waals surface area contributed by atoms with Gasteiger partial charge in [0.1, 0.15) is 10.7 Å². The quantitative estimate of drug-likeness (QED) is 0.382. The molecule has 0 saturated heterocycles. The van der Waals surface area contributed by atoms with Crippen LogP contribution >= 0.6 is 34.8 Å². The van der Waals surface area contributed by atoms with Crippen LogP contribution in [-0.2, 0) is 16.0 Å². The van der Waals surface area contributed by atoms with Crippen LogP contribution in [0.1, 0.15) is 22.8 Å². The molecule has 4 rings (SSSR count). The summed E-state index contributed by atoms with van der Waals surface area (Å²) in [4.78, 5) is 39.1. The first-order chi connectivity index (χ1) is 16.3. The molecule has 1 aliphatic rings. The summed E-state index contributed by atoms with van der Waals surface area (Å²) >= 11 is 18.2. The molecule has 2 N–H and O–H groups in total. The SMILES string of the molecule is CCc1ccc(N2C(=O)C(Cl)=C(Nc3ccc(C(=O)Nc4ccc(Cl)cc4Cl)cc3)C2=O)cc1. The van der Waals surface area contributed by atoms with Crippen molar-refractivity contribution in [3.8, 4) is 0 Å². The highest BCUT2D eigenvalue weighted by molar-refractivity contribution is 6.53. The van der Waals surface area contributed by atoms with Crippen molar-refractivity contribution in [1.29, 1.82) is 0 Å². The first-order valence-corrected chi connectivity index (χ1v) is 11.4. The van der Waals surface area contributed by atoms with Crippen molar-refractivity contribution < 1.29 is 14.4 Å². The topological polar surface area (TPSA) is 78.5 Å². The van der Waals surface area contributed by atoms with Gasteiger partial charge >= 0.3 is 0 Å². The Morgan fingerprint density at radius 2 is 1.56 bits per heavy atom. The molecule has 0 aliphatic carbocycles. The number of halogens is 3. The van der Waals surface area contributed by atoms with Crippen molar-refractivity contribution in [1.82, 2.24) is 0 Å². The standard InChI is InChI=1S/C25H18Cl3N3O3/c1-2-14-3-10-18(11-4-14)31-24(33)21(28)22(25(31)34)29-17-8-5-15(6-9-17)23(32)30-20-12-7-16(26)13-19(20)27/h3-13,29H,2H2,1H3,(H,30,32). The molecule has 0 unspecified atom stereocenters. The lowest BCUT2D eigenvalue weighted by atomic mass is 10.1. The smallest absolute Gasteiger partial charge is 0.283 e. The van der Waals surface area contributed by atoms with Gasteiger partial charge in [-0.2, -0.15) is 0 Å². The molecule has 0 bridgehead atoms. The number of benzene rings is 3. The number of rotatable bonds is 6. The fourth-order valence-electron chi connectivity index (χ4n) is 3.36. The number of anilines is 3. The van der Waals surface area contributed by atoms with Crippen molar-refractivity contribution in [3.05, 3.63) is 98.6 Å². The van der Waals surface area contributed by atoms with Gasteiger partial charge in [0.2, 0.25) is 0 Å². The number of carbonyl (C=O) groups excluding carboxylic acids is 3. The normalized spacial score (nSPS) is 13.5. The Hall–Kier alpha value is -3.32. The van der Waals surface area contributed by atoms with E-state index in [2.05, 4.69) is 10.6 Å². The molecule has 3 aromatic rings. The maximum absolute atomic E-state index is 12.9. The zero-order valence-corrected chi connectivity index (χ0v) is 20.1. The highest BCUT2D eigenvalue weighted by atomic mass is 35.5. The third-order valence-corrected chi connectivity index (χ3v) is 6.12. The molecule has 0 saturated carbocycles. The Kier molecular flexibility index (Phi) is 6.93. The van der Waals surface area contributed by atoms with Gasteiger partial charge in [0, 0.05) is 16.3 Å². The monoisotopic (exact) mass is 513 g/mol. The summed E-state index contributed by atoms with van der Waals surface area (Å²) in [6, 6.07) is 18.2. The number of nitrogens with zero attached hydrogens (tertiary/aromatic N) is 1. The van der Waals surface area contributed by atoms with Crippen molar-refractivity contribution in [2.24, 2.45) is 0 Å². The molecule has 1 aliphatic heterocycles. The van der Waals surface area contributed by atoms with Gasteiger partial charge in [0.05, 0.1) is 16.4 Å². The summed E-state index contributed by atoms with van der Waals surface area (Å²) in [6.45, 7) is 2.02. The summed E-state index contributed by atoms with van der Waals surface area (Å²) in [5.41, 5.74) is 2.77. The van der Waals surface area contributed by atoms with Crippen LogP contribution in [0.25, 0.3) is 0 Å². The Balaban J connectivity index is 1.47. The summed E-state index contributed by atoms with van der Waals surface area (Å²) in [6.07, 6.45) is 0.842. The van der Waals surface area contributed by atoms with Crippen molar-refractivity contribution in [2.75, 3.05) is 15.5 Å². The lowest BCUT2D eigenvalue weighted by Crippen LogP contribution is -2.32. The average molecular weight is 515 g/mol. The molecule has 0 radical (unpaired) electrons. The molecule has 0 aromatic heterocycles. The number of amides is 3. The van der Waals surface area contributed by atoms with Gasteiger partial charge in [-0.25, -0.2) is 4.90 Å². The van der Waals surface area contributed by atoms with E-state index < -0.39 is 11.8 Å². The van der Waals surface area contributed by atoms with Gasteiger partial charge < -0.3 is 10.6 Å². The van der Waals surface area contributed by atoms with Gasteiger partial charge in [-0.05, 0) is 66.6 Å². The van der Waals surface area contributed by atoms with Gasteiger partial charge in [0.15, 0.2) is 0 Å². The summed E-state index contributed by atoms with van der Waals surface area (Å²) in [5, 5.41) is 6.18. The van der Waals surface area contributed by atoms with Crippen LogP contribution in [0.2, 0.25) is 10.0 Å². The fourth-order valence-corrected chi connectivity index (χ4v) is 4.03. The fraction of sp³-hybridized carbons (Fsp3) is 0.0800. The number of aryl methyl sites for hydroxylation is 1. The third kappa shape index (κ3) is 4.80. The minimum atomic E-state index is -0.603. The van der Waals surface area contributed by atoms with Crippen LogP contribution in [-0.4, -0.2) is 17.7 Å². The van der Waals surface area contributed by atoms with Crippen molar-refractivity contribution >= 4 is 69.6 Å². The summed E-state index contributed by atoms with van der Waals surface area (Å²) in [5.74, 6) is -1.53. The van der Waals surface area contributed by atoms with E-state index in [1.54, 1.807) is 48.5 Å². The van der Waals surface area contributed by atoms with E-state index >= 15 is 0 Å². The predicted molar refractivity (Wildman–Crippen MR) is 136 cm³/mol. The van der Waals surface area contributed by atoms with Crippen LogP contribution in [0.4, 0.5) is 17.1 Å². The largest absolute Gasteiger partial charge is 0.350 e. The van der Waals surface area contributed by atoms with E-state index in [0.29, 0.717) is 32.7 Å². The summed E-state index contributed by atoms with van der Waals surface area (Å²) in [7, 11) is 0. The summed E-state index contributed by atoms with van der Waals surface area (Å²) < 4.78 is 0. The molecular formula is C25H18Cl3N3O3. The maximum atomic E-state index is 12.9. The van der Waals surface area contributed by atoms with Crippen LogP contribution < -0.4 is 15.5 Å². The molecule has 34 heavy (non-hydrogen) atoms. The molecule has 0 fully saturated rings. The molecule has 0 spiro atoms. The second kappa shape index (κ2) is 9.89. The van der Waals surface area contributed by atoms with Crippen molar-refractivity contribution in [2.45, 2.75) is 13.3 Å². The highest BCUT2D eigenvalue weighted by Gasteiger charge is 2.38. The minimum absolute atomic E-state index is 0.0311. The zero-order chi connectivity index (χ0) is 24.4. The van der Waals surface area contributed by atoms with E-state index in [1.807, 2.05) is 19.1 Å². The van der Waals surface area contributed by atoms with Crippen LogP contribution in [0.3, 0.4) is 0 Å². The highest BCUT2D eigenvalue weighted by Crippen LogP contribution is 2.31. The molecule has 3 amide bonds. The minimum Gasteiger partial charge on any atom is -0.350 e. The first-order valence-electron chi connectivity index (χ1n) is 10.3. The van der Waals surface area contributed by atoms with Crippen LogP contribution in [0.15, 0.2) is 77.5 Å². The third-order valence-electron chi connectivity index (χ3n) is 5.23.